The normalized spacial score (nSPS) is 7.86. The van der Waals surface area contributed by atoms with Gasteiger partial charge < -0.3 is 10.0 Å². The van der Waals surface area contributed by atoms with Crippen molar-refractivity contribution < 1.29 is 14.8 Å². The number of hydrazine groups is 1. The predicted molar refractivity (Wildman–Crippen MR) is 22.9 cm³/mol. The van der Waals surface area contributed by atoms with E-state index in [1.807, 2.05) is 0 Å². The first-order valence-corrected chi connectivity index (χ1v) is 1.55. The maximum atomic E-state index is 9.78. The van der Waals surface area contributed by atoms with Crippen LogP contribution in [0.15, 0.2) is 0 Å². The van der Waals surface area contributed by atoms with Crippen LogP contribution in [0.4, 0.5) is 4.79 Å². The predicted octanol–water partition coefficient (Wildman–Crippen LogP) is -2.38. The fourth-order valence-electron chi connectivity index (χ4n) is 0.0745. The Labute approximate surface area is 40.2 Å². The van der Waals surface area contributed by atoms with Crippen molar-refractivity contribution in [3.63, 3.8) is 0 Å². The van der Waals surface area contributed by atoms with Crippen molar-refractivity contribution in [1.82, 2.24) is 5.43 Å². The van der Waals surface area contributed by atoms with E-state index in [9.17, 15) is 4.79 Å². The molecule has 0 aromatic rings. The van der Waals surface area contributed by atoms with Gasteiger partial charge in [-0.1, -0.05) is 0 Å². The van der Waals surface area contributed by atoms with Gasteiger partial charge in [0.2, 0.25) is 0 Å². The van der Waals surface area contributed by atoms with Crippen molar-refractivity contribution in [2.24, 2.45) is 5.84 Å². The zero-order valence-corrected chi connectivity index (χ0v) is 3.46. The minimum atomic E-state index is -2.01. The maximum Gasteiger partial charge on any atom is 0.553 e. The van der Waals surface area contributed by atoms with Gasteiger partial charge in [0.1, 0.15) is 0 Å². The van der Waals surface area contributed by atoms with Gasteiger partial charge in [-0.2, -0.15) is 0 Å². The third-order valence-electron chi connectivity index (χ3n) is 0.377. The summed E-state index contributed by atoms with van der Waals surface area (Å²) < 4.78 is 0. The molecule has 0 spiro atoms. The molecule has 0 aliphatic rings. The Hall–Kier alpha value is -0.585. The molecule has 0 aliphatic carbocycles. The monoisotopic (exact) mass is 104 g/mol. The molecule has 0 saturated heterocycles. The quantitative estimate of drug-likeness (QED) is 0.129. The van der Waals surface area contributed by atoms with Gasteiger partial charge in [0.05, 0.1) is 0 Å². The van der Waals surface area contributed by atoms with Crippen LogP contribution in [0.25, 0.3) is 0 Å². The van der Waals surface area contributed by atoms with Crippen LogP contribution in [-0.4, -0.2) is 23.0 Å². The molecular formula is CH5BN2O3. The molecule has 0 aromatic carbocycles. The highest BCUT2D eigenvalue weighted by Gasteiger charge is 2.16. The number of amides is 1. The van der Waals surface area contributed by atoms with Crippen LogP contribution in [0.1, 0.15) is 0 Å². The Morgan fingerprint density at radius 3 is 2.14 bits per heavy atom. The summed E-state index contributed by atoms with van der Waals surface area (Å²) in [7, 11) is -2.01. The molecule has 7 heavy (non-hydrogen) atoms. The highest BCUT2D eigenvalue weighted by Crippen LogP contribution is 1.65. The van der Waals surface area contributed by atoms with Crippen LogP contribution in [0.3, 0.4) is 0 Å². The second-order valence-corrected chi connectivity index (χ2v) is 0.882. The molecule has 5 nitrogen and oxygen atoms in total. The minimum absolute atomic E-state index is 1.01. The highest BCUT2D eigenvalue weighted by atomic mass is 16.4. The molecule has 0 aromatic heterocycles. The number of nitrogens with one attached hydrogen (secondary N) is 1. The van der Waals surface area contributed by atoms with Crippen LogP contribution in [-0.2, 0) is 0 Å². The summed E-state index contributed by atoms with van der Waals surface area (Å²) in [4.78, 5) is 9.78. The molecule has 5 N–H and O–H groups in total. The van der Waals surface area contributed by atoms with Crippen molar-refractivity contribution >= 4 is 12.9 Å². The van der Waals surface area contributed by atoms with Crippen LogP contribution in [0, 0.1) is 0 Å². The summed E-state index contributed by atoms with van der Waals surface area (Å²) in [5, 5.41) is 15.8. The zero-order chi connectivity index (χ0) is 5.86. The van der Waals surface area contributed by atoms with Crippen LogP contribution in [0.2, 0.25) is 0 Å². The van der Waals surface area contributed by atoms with E-state index in [4.69, 9.17) is 10.0 Å². The Bertz CT molecular complexity index is 73.3. The first kappa shape index (κ1) is 6.41. The number of hydrogen-bond acceptors (Lipinski definition) is 4. The van der Waals surface area contributed by atoms with Crippen LogP contribution < -0.4 is 11.3 Å². The first-order chi connectivity index (χ1) is 3.18. The third-order valence-corrected chi connectivity index (χ3v) is 0.377. The summed E-state index contributed by atoms with van der Waals surface area (Å²) in [6, 6.07) is 0. The summed E-state index contributed by atoms with van der Waals surface area (Å²) >= 11 is 0. The molecule has 0 bridgehead atoms. The number of carbonyl (C=O) groups is 1. The molecule has 0 heterocycles. The Morgan fingerprint density at radius 1 is 1.71 bits per heavy atom. The van der Waals surface area contributed by atoms with Gasteiger partial charge in [-0.3, -0.25) is 10.2 Å². The van der Waals surface area contributed by atoms with Crippen molar-refractivity contribution in [3.05, 3.63) is 0 Å². The number of hydrogen-bond donors (Lipinski definition) is 4. The smallest absolute Gasteiger partial charge is 0.420 e. The molecule has 0 radical (unpaired) electrons. The Balaban J connectivity index is 3.35. The maximum absolute atomic E-state index is 9.78. The summed E-state index contributed by atoms with van der Waals surface area (Å²) in [6.45, 7) is 0. The fourth-order valence-corrected chi connectivity index (χ4v) is 0.0745. The highest BCUT2D eigenvalue weighted by molar-refractivity contribution is 6.78. The Morgan fingerprint density at radius 2 is 2.14 bits per heavy atom. The molecule has 0 unspecified atom stereocenters. The van der Waals surface area contributed by atoms with Crippen molar-refractivity contribution in [1.29, 1.82) is 0 Å². The van der Waals surface area contributed by atoms with E-state index in [1.54, 1.807) is 0 Å². The summed E-state index contributed by atoms with van der Waals surface area (Å²) in [5.74, 6) is 3.44. The minimum Gasteiger partial charge on any atom is -0.420 e. The van der Waals surface area contributed by atoms with Crippen molar-refractivity contribution in [3.8, 4) is 0 Å². The topological polar surface area (TPSA) is 95.6 Å². The zero-order valence-electron chi connectivity index (χ0n) is 3.46. The van der Waals surface area contributed by atoms with Gasteiger partial charge >= 0.3 is 7.12 Å². The van der Waals surface area contributed by atoms with E-state index in [0.29, 0.717) is 0 Å². The van der Waals surface area contributed by atoms with Crippen molar-refractivity contribution in [2.75, 3.05) is 0 Å². The van der Waals surface area contributed by atoms with E-state index in [1.165, 1.54) is 5.43 Å². The lowest BCUT2D eigenvalue weighted by Crippen LogP contribution is -2.40. The van der Waals surface area contributed by atoms with E-state index in [2.05, 4.69) is 5.84 Å². The Kier molecular flexibility index (Phi) is 2.35. The molecular weight excluding hydrogens is 98.8 g/mol. The second-order valence-electron chi connectivity index (χ2n) is 0.882. The summed E-state index contributed by atoms with van der Waals surface area (Å²) in [5.41, 5.74) is 1.53. The standard InChI is InChI=1S/CH5BN2O3/c3-4-1(5)2(6)7/h6-7H,3H2,(H,4,5). The number of nitrogens with two attached hydrogens (primary N) is 1. The van der Waals surface area contributed by atoms with Crippen LogP contribution in [0.5, 0.6) is 0 Å². The molecule has 6 heteroatoms. The SMILES string of the molecule is NNC(=O)B(O)O. The average Bonchev–Trinajstić information content (AvgIpc) is 1.65. The largest absolute Gasteiger partial charge is 0.553 e. The third kappa shape index (κ3) is 2.15. The van der Waals surface area contributed by atoms with Gasteiger partial charge in [0.15, 0.2) is 0 Å². The number of rotatable bonds is 1. The van der Waals surface area contributed by atoms with Crippen LogP contribution >= 0.6 is 0 Å². The van der Waals surface area contributed by atoms with E-state index >= 15 is 0 Å². The average molecular weight is 104 g/mol. The van der Waals surface area contributed by atoms with E-state index in [0.717, 1.165) is 0 Å². The molecule has 0 fully saturated rings. The van der Waals surface area contributed by atoms with Gasteiger partial charge in [0, 0.05) is 0 Å². The van der Waals surface area contributed by atoms with Gasteiger partial charge in [-0.05, 0) is 0 Å². The first-order valence-electron chi connectivity index (χ1n) is 1.55. The molecule has 1 amide bonds. The molecule has 0 aliphatic heterocycles. The lowest BCUT2D eigenvalue weighted by molar-refractivity contribution is 0.249. The lowest BCUT2D eigenvalue weighted by Gasteiger charge is -1.91. The molecule has 40 valence electrons. The number of carbonyl (C=O) groups excluding carboxylic acids is 1. The van der Waals surface area contributed by atoms with E-state index in [-0.39, 0.29) is 0 Å². The fraction of sp³-hybridized carbons (Fsp3) is 0. The van der Waals surface area contributed by atoms with Gasteiger partial charge in [-0.15, -0.1) is 0 Å². The molecule has 0 rings (SSSR count). The lowest BCUT2D eigenvalue weighted by atomic mass is 9.91. The molecule has 0 saturated carbocycles. The van der Waals surface area contributed by atoms with Gasteiger partial charge in [-0.25, -0.2) is 5.84 Å². The van der Waals surface area contributed by atoms with Crippen molar-refractivity contribution in [2.45, 2.75) is 0 Å². The molecule has 0 atom stereocenters. The van der Waals surface area contributed by atoms with Gasteiger partial charge in [0.25, 0.3) is 5.81 Å². The van der Waals surface area contributed by atoms with E-state index < -0.39 is 12.9 Å². The second kappa shape index (κ2) is 2.56. The summed E-state index contributed by atoms with van der Waals surface area (Å²) in [6.07, 6.45) is 0.